The summed E-state index contributed by atoms with van der Waals surface area (Å²) in [4.78, 5) is 0. The quantitative estimate of drug-likeness (QED) is 0.407. The molecule has 0 aromatic carbocycles. The molecule has 0 aliphatic carbocycles. The van der Waals surface area contributed by atoms with Gasteiger partial charge in [-0.25, -0.2) is 0 Å². The van der Waals surface area contributed by atoms with E-state index in [2.05, 4.69) is 19.2 Å². The van der Waals surface area contributed by atoms with Gasteiger partial charge in [-0.3, -0.25) is 5.41 Å². The van der Waals surface area contributed by atoms with Crippen molar-refractivity contribution in [1.82, 2.24) is 5.32 Å². The second-order valence-corrected chi connectivity index (χ2v) is 2.45. The van der Waals surface area contributed by atoms with E-state index in [1.54, 1.807) is 0 Å². The van der Waals surface area contributed by atoms with Crippen molar-refractivity contribution >= 4 is 5.96 Å². The first-order valence-electron chi connectivity index (χ1n) is 3.81. The first-order valence-corrected chi connectivity index (χ1v) is 3.81. The van der Waals surface area contributed by atoms with Gasteiger partial charge in [-0.05, 0) is 12.8 Å². The van der Waals surface area contributed by atoms with Gasteiger partial charge in [-0.2, -0.15) is 0 Å². The van der Waals surface area contributed by atoms with E-state index < -0.39 is 0 Å². The van der Waals surface area contributed by atoms with Gasteiger partial charge in [0.1, 0.15) is 0 Å². The molecule has 0 fully saturated rings. The van der Waals surface area contributed by atoms with Gasteiger partial charge in [-0.15, -0.1) is 0 Å². The van der Waals surface area contributed by atoms with Crippen molar-refractivity contribution in [2.75, 3.05) is 0 Å². The molecule has 60 valence electrons. The fourth-order valence-corrected chi connectivity index (χ4v) is 0.947. The van der Waals surface area contributed by atoms with Crippen LogP contribution < -0.4 is 11.1 Å². The number of nitrogens with one attached hydrogen (secondary N) is 2. The minimum atomic E-state index is 0.0836. The molecule has 0 bridgehead atoms. The van der Waals surface area contributed by atoms with Crippen LogP contribution in [-0.4, -0.2) is 12.0 Å². The lowest BCUT2D eigenvalue weighted by atomic mass is 10.1. The van der Waals surface area contributed by atoms with Crippen LogP contribution in [0.25, 0.3) is 0 Å². The molecule has 0 unspecified atom stereocenters. The Bertz CT molecular complexity index is 101. The van der Waals surface area contributed by atoms with Crippen molar-refractivity contribution in [3.8, 4) is 0 Å². The van der Waals surface area contributed by atoms with Crippen molar-refractivity contribution in [2.24, 2.45) is 5.73 Å². The fourth-order valence-electron chi connectivity index (χ4n) is 0.947. The molecular formula is C7H17N3. The molecule has 0 spiro atoms. The average molecular weight is 143 g/mol. The highest BCUT2D eigenvalue weighted by atomic mass is 15.1. The molecule has 0 aliphatic heterocycles. The summed E-state index contributed by atoms with van der Waals surface area (Å²) in [6.45, 7) is 4.22. The smallest absolute Gasteiger partial charge is 0.185 e. The lowest BCUT2D eigenvalue weighted by Crippen LogP contribution is -2.38. The highest BCUT2D eigenvalue weighted by molar-refractivity contribution is 5.74. The Morgan fingerprint density at radius 2 is 2.20 bits per heavy atom. The molecule has 0 radical (unpaired) electrons. The zero-order valence-electron chi connectivity index (χ0n) is 6.78. The number of guanidine groups is 1. The molecule has 0 saturated heterocycles. The molecule has 3 heteroatoms. The third-order valence-corrected chi connectivity index (χ3v) is 1.49. The summed E-state index contributed by atoms with van der Waals surface area (Å²) in [5, 5.41) is 9.86. The third kappa shape index (κ3) is 4.18. The van der Waals surface area contributed by atoms with E-state index in [9.17, 15) is 0 Å². The minimum absolute atomic E-state index is 0.0836. The maximum absolute atomic E-state index is 6.97. The summed E-state index contributed by atoms with van der Waals surface area (Å²) in [5.41, 5.74) is 5.17. The predicted octanol–water partition coefficient (Wildman–Crippen LogP) is 1.05. The highest BCUT2D eigenvalue weighted by Crippen LogP contribution is 1.99. The van der Waals surface area contributed by atoms with E-state index in [-0.39, 0.29) is 5.96 Å². The Kier molecular flexibility index (Phi) is 4.72. The van der Waals surface area contributed by atoms with Crippen LogP contribution in [0.15, 0.2) is 0 Å². The number of hydrogen-bond donors (Lipinski definition) is 3. The Hall–Kier alpha value is -0.730. The zero-order valence-corrected chi connectivity index (χ0v) is 6.78. The van der Waals surface area contributed by atoms with Crippen LogP contribution in [0.4, 0.5) is 0 Å². The summed E-state index contributed by atoms with van der Waals surface area (Å²) in [6, 6.07) is 0.391. The van der Waals surface area contributed by atoms with E-state index in [1.165, 1.54) is 0 Å². The summed E-state index contributed by atoms with van der Waals surface area (Å²) in [7, 11) is 0. The van der Waals surface area contributed by atoms with Crippen molar-refractivity contribution in [1.29, 1.82) is 5.41 Å². The Morgan fingerprint density at radius 3 is 2.50 bits per heavy atom. The van der Waals surface area contributed by atoms with Gasteiger partial charge in [0.05, 0.1) is 0 Å². The van der Waals surface area contributed by atoms with Crippen LogP contribution in [0.2, 0.25) is 0 Å². The van der Waals surface area contributed by atoms with E-state index >= 15 is 0 Å². The molecule has 10 heavy (non-hydrogen) atoms. The monoisotopic (exact) mass is 143 g/mol. The summed E-state index contributed by atoms with van der Waals surface area (Å²) >= 11 is 0. The summed E-state index contributed by atoms with van der Waals surface area (Å²) in [5.74, 6) is 0.0836. The number of rotatable bonds is 4. The molecule has 3 nitrogen and oxygen atoms in total. The fraction of sp³-hybridized carbons (Fsp3) is 0.857. The van der Waals surface area contributed by atoms with Gasteiger partial charge in [-0.1, -0.05) is 20.3 Å². The predicted molar refractivity (Wildman–Crippen MR) is 44.0 cm³/mol. The minimum Gasteiger partial charge on any atom is -0.370 e. The average Bonchev–Trinajstić information content (AvgIpc) is 1.86. The number of hydrogen-bond acceptors (Lipinski definition) is 1. The molecule has 4 N–H and O–H groups in total. The van der Waals surface area contributed by atoms with Crippen LogP contribution in [0, 0.1) is 5.41 Å². The van der Waals surface area contributed by atoms with Gasteiger partial charge in [0.15, 0.2) is 5.96 Å². The zero-order chi connectivity index (χ0) is 7.98. The SMILES string of the molecule is CCC[C@@H](CC)NC(=N)N. The normalized spacial score (nSPS) is 12.6. The first kappa shape index (κ1) is 9.27. The Balaban J connectivity index is 3.49. The van der Waals surface area contributed by atoms with Crippen LogP contribution in [0.5, 0.6) is 0 Å². The second-order valence-electron chi connectivity index (χ2n) is 2.45. The second kappa shape index (κ2) is 5.09. The molecule has 0 aliphatic rings. The van der Waals surface area contributed by atoms with Crippen LogP contribution in [-0.2, 0) is 0 Å². The topological polar surface area (TPSA) is 61.9 Å². The van der Waals surface area contributed by atoms with Crippen LogP contribution in [0.1, 0.15) is 33.1 Å². The third-order valence-electron chi connectivity index (χ3n) is 1.49. The molecule has 0 aromatic heterocycles. The van der Waals surface area contributed by atoms with Crippen LogP contribution >= 0.6 is 0 Å². The molecule has 0 heterocycles. The van der Waals surface area contributed by atoms with Crippen LogP contribution in [0.3, 0.4) is 0 Å². The van der Waals surface area contributed by atoms with Gasteiger partial charge >= 0.3 is 0 Å². The van der Waals surface area contributed by atoms with E-state index in [1.807, 2.05) is 0 Å². The molecule has 0 amide bonds. The Morgan fingerprint density at radius 1 is 1.60 bits per heavy atom. The van der Waals surface area contributed by atoms with E-state index in [0.717, 1.165) is 19.3 Å². The number of nitrogens with two attached hydrogens (primary N) is 1. The summed E-state index contributed by atoms with van der Waals surface area (Å²) < 4.78 is 0. The lowest BCUT2D eigenvalue weighted by Gasteiger charge is -2.14. The van der Waals surface area contributed by atoms with Gasteiger partial charge in [0.2, 0.25) is 0 Å². The maximum Gasteiger partial charge on any atom is 0.185 e. The molecule has 0 rings (SSSR count). The van der Waals surface area contributed by atoms with Gasteiger partial charge in [0.25, 0.3) is 0 Å². The van der Waals surface area contributed by atoms with Crippen molar-refractivity contribution in [3.05, 3.63) is 0 Å². The first-order chi connectivity index (χ1) is 4.70. The van der Waals surface area contributed by atoms with Crippen molar-refractivity contribution in [2.45, 2.75) is 39.2 Å². The van der Waals surface area contributed by atoms with Crippen molar-refractivity contribution in [3.63, 3.8) is 0 Å². The van der Waals surface area contributed by atoms with Gasteiger partial charge in [0, 0.05) is 6.04 Å². The summed E-state index contributed by atoms with van der Waals surface area (Å²) in [6.07, 6.45) is 3.27. The lowest BCUT2D eigenvalue weighted by molar-refractivity contribution is 0.533. The Labute approximate surface area is 62.5 Å². The molecule has 0 aromatic rings. The van der Waals surface area contributed by atoms with E-state index in [4.69, 9.17) is 11.1 Å². The largest absolute Gasteiger partial charge is 0.370 e. The van der Waals surface area contributed by atoms with E-state index in [0.29, 0.717) is 6.04 Å². The van der Waals surface area contributed by atoms with Crippen molar-refractivity contribution < 1.29 is 0 Å². The van der Waals surface area contributed by atoms with Gasteiger partial charge < -0.3 is 11.1 Å². The maximum atomic E-state index is 6.97. The molecular weight excluding hydrogens is 126 g/mol. The standard InChI is InChI=1S/C7H17N3/c1-3-5-6(4-2)10-7(8)9/h6H,3-5H2,1-2H3,(H4,8,9,10)/t6-/m1/s1. The highest BCUT2D eigenvalue weighted by Gasteiger charge is 2.02. The molecule has 0 saturated carbocycles. The molecule has 1 atom stereocenters.